The molecule has 0 aliphatic carbocycles. The number of fused-ring (bicyclic) bond motifs is 1. The van der Waals surface area contributed by atoms with Gasteiger partial charge in [0.2, 0.25) is 0 Å². The Bertz CT molecular complexity index is 540. The molecule has 1 heterocycles. The van der Waals surface area contributed by atoms with E-state index in [4.69, 9.17) is 15.3 Å². The highest BCUT2D eigenvalue weighted by Gasteiger charge is 2.20. The fourth-order valence-electron chi connectivity index (χ4n) is 1.51. The maximum atomic E-state index is 11.7. The number of carboxylic acids is 1. The number of ketones is 1. The fourth-order valence-corrected chi connectivity index (χ4v) is 1.51. The molecule has 0 fully saturated rings. The SMILES string of the molecule is NC(CC(=O)c1cc2ccccc2o1)C(=O)O. The Kier molecular flexibility index (Phi) is 2.93. The van der Waals surface area contributed by atoms with E-state index in [0.717, 1.165) is 5.39 Å². The summed E-state index contributed by atoms with van der Waals surface area (Å²) in [7, 11) is 0. The first-order chi connectivity index (χ1) is 8.08. The quantitative estimate of drug-likeness (QED) is 0.779. The van der Waals surface area contributed by atoms with Crippen molar-refractivity contribution in [1.29, 1.82) is 0 Å². The Morgan fingerprint density at radius 2 is 2.06 bits per heavy atom. The Morgan fingerprint density at radius 1 is 1.35 bits per heavy atom. The maximum Gasteiger partial charge on any atom is 0.320 e. The van der Waals surface area contributed by atoms with Gasteiger partial charge in [-0.3, -0.25) is 9.59 Å². The predicted molar refractivity (Wildman–Crippen MR) is 60.8 cm³/mol. The van der Waals surface area contributed by atoms with Gasteiger partial charge in [-0.05, 0) is 12.1 Å². The zero-order valence-electron chi connectivity index (χ0n) is 8.92. The molecule has 1 atom stereocenters. The molecule has 2 aromatic rings. The van der Waals surface area contributed by atoms with E-state index < -0.39 is 17.8 Å². The summed E-state index contributed by atoms with van der Waals surface area (Å²) >= 11 is 0. The minimum atomic E-state index is -1.20. The minimum Gasteiger partial charge on any atom is -0.480 e. The number of nitrogens with two attached hydrogens (primary N) is 1. The van der Waals surface area contributed by atoms with Gasteiger partial charge in [-0.1, -0.05) is 18.2 Å². The van der Waals surface area contributed by atoms with Crippen LogP contribution < -0.4 is 5.73 Å². The van der Waals surface area contributed by atoms with E-state index in [-0.39, 0.29) is 12.2 Å². The largest absolute Gasteiger partial charge is 0.480 e. The summed E-state index contributed by atoms with van der Waals surface area (Å²) in [6.07, 6.45) is -0.269. The molecule has 1 aromatic carbocycles. The molecule has 1 unspecified atom stereocenters. The molecular formula is C12H11NO4. The van der Waals surface area contributed by atoms with Crippen molar-refractivity contribution in [2.75, 3.05) is 0 Å². The first-order valence-corrected chi connectivity index (χ1v) is 5.08. The highest BCUT2D eigenvalue weighted by Crippen LogP contribution is 2.20. The number of furan rings is 1. The Labute approximate surface area is 96.8 Å². The van der Waals surface area contributed by atoms with E-state index in [1.54, 1.807) is 18.2 Å². The molecule has 17 heavy (non-hydrogen) atoms. The van der Waals surface area contributed by atoms with Crippen LogP contribution in [-0.4, -0.2) is 22.9 Å². The Balaban J connectivity index is 2.22. The summed E-state index contributed by atoms with van der Waals surface area (Å²) in [6.45, 7) is 0. The van der Waals surface area contributed by atoms with Crippen LogP contribution in [0.1, 0.15) is 17.0 Å². The molecule has 0 spiro atoms. The van der Waals surface area contributed by atoms with Gasteiger partial charge < -0.3 is 15.3 Å². The van der Waals surface area contributed by atoms with Gasteiger partial charge in [0.1, 0.15) is 11.6 Å². The van der Waals surface area contributed by atoms with E-state index >= 15 is 0 Å². The summed E-state index contributed by atoms with van der Waals surface area (Å²) in [5.41, 5.74) is 5.88. The van der Waals surface area contributed by atoms with Crippen LogP contribution in [0.3, 0.4) is 0 Å². The zero-order chi connectivity index (χ0) is 12.4. The van der Waals surface area contributed by atoms with Crippen LogP contribution in [0.4, 0.5) is 0 Å². The van der Waals surface area contributed by atoms with Crippen molar-refractivity contribution < 1.29 is 19.1 Å². The molecule has 0 radical (unpaired) electrons. The fraction of sp³-hybridized carbons (Fsp3) is 0.167. The maximum absolute atomic E-state index is 11.7. The average molecular weight is 233 g/mol. The van der Waals surface area contributed by atoms with E-state index in [1.807, 2.05) is 12.1 Å². The molecule has 2 rings (SSSR count). The second kappa shape index (κ2) is 4.39. The lowest BCUT2D eigenvalue weighted by Gasteiger charge is -2.02. The van der Waals surface area contributed by atoms with Gasteiger partial charge in [-0.2, -0.15) is 0 Å². The normalized spacial score (nSPS) is 12.5. The van der Waals surface area contributed by atoms with Crippen LogP contribution in [0.2, 0.25) is 0 Å². The lowest BCUT2D eigenvalue weighted by atomic mass is 10.1. The topological polar surface area (TPSA) is 93.5 Å². The van der Waals surface area contributed by atoms with Crippen LogP contribution in [0.15, 0.2) is 34.7 Å². The third-order valence-electron chi connectivity index (χ3n) is 2.42. The van der Waals surface area contributed by atoms with Crippen molar-refractivity contribution in [3.8, 4) is 0 Å². The second-order valence-electron chi connectivity index (χ2n) is 3.72. The number of Topliss-reactive ketones (excluding diaryl/α,β-unsaturated/α-hetero) is 1. The van der Waals surface area contributed by atoms with Crippen LogP contribution in [0, 0.1) is 0 Å². The molecule has 0 saturated heterocycles. The number of benzene rings is 1. The van der Waals surface area contributed by atoms with Crippen LogP contribution >= 0.6 is 0 Å². The predicted octanol–water partition coefficient (Wildman–Crippen LogP) is 1.42. The highest BCUT2D eigenvalue weighted by molar-refractivity contribution is 5.99. The summed E-state index contributed by atoms with van der Waals surface area (Å²) in [5, 5.41) is 9.42. The standard InChI is InChI=1S/C12H11NO4/c13-8(12(15)16)6-9(14)11-5-7-3-1-2-4-10(7)17-11/h1-5,8H,6,13H2,(H,15,16). The lowest BCUT2D eigenvalue weighted by Crippen LogP contribution is -2.32. The highest BCUT2D eigenvalue weighted by atomic mass is 16.4. The number of hydrogen-bond donors (Lipinski definition) is 2. The van der Waals surface area contributed by atoms with Gasteiger partial charge in [0, 0.05) is 11.8 Å². The number of rotatable bonds is 4. The molecule has 88 valence electrons. The van der Waals surface area contributed by atoms with Gasteiger partial charge in [-0.15, -0.1) is 0 Å². The molecule has 0 aliphatic heterocycles. The molecule has 5 nitrogen and oxygen atoms in total. The number of carboxylic acid groups (broad SMARTS) is 1. The third-order valence-corrected chi connectivity index (χ3v) is 2.42. The lowest BCUT2D eigenvalue weighted by molar-refractivity contribution is -0.138. The third kappa shape index (κ3) is 2.34. The van der Waals surface area contributed by atoms with Gasteiger partial charge in [0.15, 0.2) is 11.5 Å². The molecule has 1 aromatic heterocycles. The van der Waals surface area contributed by atoms with Crippen molar-refractivity contribution in [2.45, 2.75) is 12.5 Å². The summed E-state index contributed by atoms with van der Waals surface area (Å²) in [6, 6.07) is 7.57. The monoisotopic (exact) mass is 233 g/mol. The first kappa shape index (κ1) is 11.3. The van der Waals surface area contributed by atoms with E-state index in [2.05, 4.69) is 0 Å². The number of carbonyl (C=O) groups is 2. The van der Waals surface area contributed by atoms with Crippen molar-refractivity contribution in [3.05, 3.63) is 36.1 Å². The van der Waals surface area contributed by atoms with Gasteiger partial charge >= 0.3 is 5.97 Å². The minimum absolute atomic E-state index is 0.142. The summed E-state index contributed by atoms with van der Waals surface area (Å²) in [5.74, 6) is -1.46. The number of hydrogen-bond acceptors (Lipinski definition) is 4. The first-order valence-electron chi connectivity index (χ1n) is 5.08. The molecule has 0 saturated carbocycles. The zero-order valence-corrected chi connectivity index (χ0v) is 8.92. The van der Waals surface area contributed by atoms with Gasteiger partial charge in [-0.25, -0.2) is 0 Å². The number of aliphatic carboxylic acids is 1. The van der Waals surface area contributed by atoms with Gasteiger partial charge in [0.25, 0.3) is 0 Å². The van der Waals surface area contributed by atoms with E-state index in [0.29, 0.717) is 5.58 Å². The van der Waals surface area contributed by atoms with Crippen LogP contribution in [0.5, 0.6) is 0 Å². The molecule has 0 bridgehead atoms. The van der Waals surface area contributed by atoms with Crippen molar-refractivity contribution in [1.82, 2.24) is 0 Å². The van der Waals surface area contributed by atoms with Crippen LogP contribution in [-0.2, 0) is 4.79 Å². The summed E-state index contributed by atoms with van der Waals surface area (Å²) < 4.78 is 5.31. The van der Waals surface area contributed by atoms with Crippen molar-refractivity contribution in [2.24, 2.45) is 5.73 Å². The smallest absolute Gasteiger partial charge is 0.320 e. The van der Waals surface area contributed by atoms with E-state index in [9.17, 15) is 9.59 Å². The van der Waals surface area contributed by atoms with Crippen LogP contribution in [0.25, 0.3) is 11.0 Å². The molecule has 0 amide bonds. The molecule has 0 aliphatic rings. The Morgan fingerprint density at radius 3 is 2.71 bits per heavy atom. The van der Waals surface area contributed by atoms with Gasteiger partial charge in [0.05, 0.1) is 0 Å². The average Bonchev–Trinajstić information content (AvgIpc) is 2.72. The Hall–Kier alpha value is -2.14. The number of para-hydroxylation sites is 1. The van der Waals surface area contributed by atoms with Crippen molar-refractivity contribution >= 4 is 22.7 Å². The second-order valence-corrected chi connectivity index (χ2v) is 3.72. The van der Waals surface area contributed by atoms with E-state index in [1.165, 1.54) is 0 Å². The summed E-state index contributed by atoms with van der Waals surface area (Å²) in [4.78, 5) is 22.2. The number of carbonyl (C=O) groups excluding carboxylic acids is 1. The molecule has 5 heteroatoms. The molecule has 3 N–H and O–H groups in total. The molecular weight excluding hydrogens is 222 g/mol. The van der Waals surface area contributed by atoms with Crippen molar-refractivity contribution in [3.63, 3.8) is 0 Å².